The number of carbonyl (C=O) groups excluding carboxylic acids is 1. The summed E-state index contributed by atoms with van der Waals surface area (Å²) in [5, 5.41) is 3.01. The molecule has 0 aliphatic heterocycles. The molecule has 1 amide bonds. The Bertz CT molecular complexity index is 1200. The van der Waals surface area contributed by atoms with Gasteiger partial charge in [-0.25, -0.2) is 4.98 Å². The Kier molecular flexibility index (Phi) is 8.33. The summed E-state index contributed by atoms with van der Waals surface area (Å²) in [4.78, 5) is 17.3. The molecule has 4 rings (SSSR count). The van der Waals surface area contributed by atoms with Crippen molar-refractivity contribution < 1.29 is 9.53 Å². The molecule has 0 fully saturated rings. The van der Waals surface area contributed by atoms with Gasteiger partial charge in [-0.15, -0.1) is 0 Å². The van der Waals surface area contributed by atoms with Gasteiger partial charge in [0.25, 0.3) is 5.91 Å². The maximum Gasteiger partial charge on any atom is 0.251 e. The number of nitrogens with zero attached hydrogens (tertiary/aromatic N) is 2. The summed E-state index contributed by atoms with van der Waals surface area (Å²) in [7, 11) is 1.61. The second-order valence-electron chi connectivity index (χ2n) is 8.56. The van der Waals surface area contributed by atoms with Crippen LogP contribution < -0.4 is 10.1 Å². The molecule has 3 aromatic carbocycles. The average molecular weight is 456 g/mol. The van der Waals surface area contributed by atoms with Crippen LogP contribution in [0.1, 0.15) is 47.4 Å². The van der Waals surface area contributed by atoms with Crippen molar-refractivity contribution in [2.24, 2.45) is 0 Å². The molecule has 0 saturated carbocycles. The zero-order chi connectivity index (χ0) is 23.6. The van der Waals surface area contributed by atoms with Crippen LogP contribution in [0.3, 0.4) is 0 Å². The smallest absolute Gasteiger partial charge is 0.251 e. The summed E-state index contributed by atoms with van der Waals surface area (Å²) in [5.41, 5.74) is 4.30. The van der Waals surface area contributed by atoms with Crippen LogP contribution >= 0.6 is 0 Å². The van der Waals surface area contributed by atoms with Crippen LogP contribution in [0.25, 0.3) is 11.0 Å². The molecule has 0 aliphatic rings. The first-order valence-corrected chi connectivity index (χ1v) is 12.1. The van der Waals surface area contributed by atoms with Crippen LogP contribution in [-0.2, 0) is 19.4 Å². The lowest BCUT2D eigenvalue weighted by molar-refractivity contribution is 0.0952. The molecule has 1 heterocycles. The molecule has 0 spiro atoms. The van der Waals surface area contributed by atoms with Gasteiger partial charge < -0.3 is 14.6 Å². The van der Waals surface area contributed by atoms with Crippen molar-refractivity contribution in [1.29, 1.82) is 0 Å². The largest absolute Gasteiger partial charge is 0.497 e. The summed E-state index contributed by atoms with van der Waals surface area (Å²) in [6.07, 6.45) is 6.16. The molecule has 34 heavy (non-hydrogen) atoms. The van der Waals surface area contributed by atoms with Gasteiger partial charge in [0.15, 0.2) is 0 Å². The Morgan fingerprint density at radius 3 is 2.56 bits per heavy atom. The molecule has 0 radical (unpaired) electrons. The standard InChI is InChI=1S/C29H33N3O2/c1-34-25-16-10-15-24(22-25)29(33)30-20-9-3-6-19-28-31-26-17-7-8-18-27(26)32(28)21-11-14-23-12-4-2-5-13-23/h2,4-5,7-8,10,12-13,15-18,22H,3,6,9,11,14,19-21H2,1H3,(H,30,33). The Hall–Kier alpha value is -3.60. The van der Waals surface area contributed by atoms with Crippen molar-refractivity contribution in [3.8, 4) is 5.75 Å². The number of para-hydroxylation sites is 2. The lowest BCUT2D eigenvalue weighted by atomic mass is 10.1. The summed E-state index contributed by atoms with van der Waals surface area (Å²) in [6, 6.07) is 26.3. The van der Waals surface area contributed by atoms with Gasteiger partial charge >= 0.3 is 0 Å². The first-order valence-electron chi connectivity index (χ1n) is 12.1. The van der Waals surface area contributed by atoms with Crippen LogP contribution in [0.5, 0.6) is 5.75 Å². The molecular formula is C29H33N3O2. The normalized spacial score (nSPS) is 11.0. The van der Waals surface area contributed by atoms with E-state index in [1.807, 2.05) is 12.1 Å². The van der Waals surface area contributed by atoms with Gasteiger partial charge in [-0.05, 0) is 61.6 Å². The van der Waals surface area contributed by atoms with Crippen molar-refractivity contribution >= 4 is 16.9 Å². The van der Waals surface area contributed by atoms with Crippen molar-refractivity contribution in [2.75, 3.05) is 13.7 Å². The zero-order valence-electron chi connectivity index (χ0n) is 19.9. The number of aryl methyl sites for hydroxylation is 3. The minimum atomic E-state index is -0.0564. The van der Waals surface area contributed by atoms with E-state index in [0.717, 1.165) is 56.4 Å². The Labute approximate surface area is 201 Å². The molecule has 176 valence electrons. The van der Waals surface area contributed by atoms with Gasteiger partial charge in [0, 0.05) is 25.1 Å². The van der Waals surface area contributed by atoms with E-state index in [2.05, 4.69) is 64.5 Å². The van der Waals surface area contributed by atoms with Crippen LogP contribution in [-0.4, -0.2) is 29.1 Å². The van der Waals surface area contributed by atoms with Crippen molar-refractivity contribution in [3.05, 3.63) is 95.8 Å². The highest BCUT2D eigenvalue weighted by molar-refractivity contribution is 5.94. The van der Waals surface area contributed by atoms with E-state index in [4.69, 9.17) is 9.72 Å². The topological polar surface area (TPSA) is 56.1 Å². The minimum Gasteiger partial charge on any atom is -0.497 e. The van der Waals surface area contributed by atoms with Crippen LogP contribution in [0, 0.1) is 0 Å². The highest BCUT2D eigenvalue weighted by Gasteiger charge is 2.10. The van der Waals surface area contributed by atoms with Crippen molar-refractivity contribution in [3.63, 3.8) is 0 Å². The fourth-order valence-electron chi connectivity index (χ4n) is 4.30. The molecule has 0 bridgehead atoms. The number of rotatable bonds is 12. The van der Waals surface area contributed by atoms with Gasteiger partial charge in [-0.3, -0.25) is 4.79 Å². The Balaban J connectivity index is 1.25. The number of imidazole rings is 1. The number of fused-ring (bicyclic) bond motifs is 1. The number of benzene rings is 3. The molecule has 0 atom stereocenters. The molecule has 0 unspecified atom stereocenters. The monoisotopic (exact) mass is 455 g/mol. The fraction of sp³-hybridized carbons (Fsp3) is 0.310. The molecule has 0 aliphatic carbocycles. The van der Waals surface area contributed by atoms with Crippen LogP contribution in [0.15, 0.2) is 78.9 Å². The van der Waals surface area contributed by atoms with E-state index in [1.165, 1.54) is 11.1 Å². The van der Waals surface area contributed by atoms with Gasteiger partial charge in [-0.2, -0.15) is 0 Å². The lowest BCUT2D eigenvalue weighted by Gasteiger charge is -2.10. The molecule has 0 saturated heterocycles. The summed E-state index contributed by atoms with van der Waals surface area (Å²) < 4.78 is 7.59. The summed E-state index contributed by atoms with van der Waals surface area (Å²) in [6.45, 7) is 1.64. The van der Waals surface area contributed by atoms with Crippen molar-refractivity contribution in [2.45, 2.75) is 45.1 Å². The third kappa shape index (κ3) is 6.25. The average Bonchev–Trinajstić information content (AvgIpc) is 3.24. The minimum absolute atomic E-state index is 0.0564. The van der Waals surface area contributed by atoms with E-state index in [9.17, 15) is 4.79 Å². The quantitative estimate of drug-likeness (QED) is 0.274. The van der Waals surface area contributed by atoms with Gasteiger partial charge in [0.2, 0.25) is 0 Å². The van der Waals surface area contributed by atoms with Crippen molar-refractivity contribution in [1.82, 2.24) is 14.9 Å². The predicted molar refractivity (Wildman–Crippen MR) is 137 cm³/mol. The number of aromatic nitrogens is 2. The Morgan fingerprint density at radius 2 is 1.71 bits per heavy atom. The second-order valence-corrected chi connectivity index (χ2v) is 8.56. The van der Waals surface area contributed by atoms with Crippen LogP contribution in [0.4, 0.5) is 0 Å². The molecule has 1 N–H and O–H groups in total. The van der Waals surface area contributed by atoms with E-state index >= 15 is 0 Å². The number of amides is 1. The predicted octanol–water partition coefficient (Wildman–Crippen LogP) is 5.82. The summed E-state index contributed by atoms with van der Waals surface area (Å²) in [5.74, 6) is 1.80. The lowest BCUT2D eigenvalue weighted by Crippen LogP contribution is -2.24. The third-order valence-electron chi connectivity index (χ3n) is 6.12. The first-order chi connectivity index (χ1) is 16.7. The van der Waals surface area contributed by atoms with Gasteiger partial charge in [0.1, 0.15) is 11.6 Å². The number of hydrogen-bond donors (Lipinski definition) is 1. The molecular weight excluding hydrogens is 422 g/mol. The number of hydrogen-bond acceptors (Lipinski definition) is 3. The maximum absolute atomic E-state index is 12.3. The number of methoxy groups -OCH3 is 1. The number of ether oxygens (including phenoxy) is 1. The SMILES string of the molecule is COc1cccc(C(=O)NCCCCCc2nc3ccccc3n2CCCc2ccccc2)c1. The van der Waals surface area contributed by atoms with E-state index in [1.54, 1.807) is 19.2 Å². The van der Waals surface area contributed by atoms with Crippen LogP contribution in [0.2, 0.25) is 0 Å². The first kappa shape index (κ1) is 23.6. The van der Waals surface area contributed by atoms with E-state index in [-0.39, 0.29) is 5.91 Å². The number of carbonyl (C=O) groups is 1. The number of unbranched alkanes of at least 4 members (excludes halogenated alkanes) is 2. The van der Waals surface area contributed by atoms with Gasteiger partial charge in [0.05, 0.1) is 18.1 Å². The highest BCUT2D eigenvalue weighted by Crippen LogP contribution is 2.19. The maximum atomic E-state index is 12.3. The third-order valence-corrected chi connectivity index (χ3v) is 6.12. The highest BCUT2D eigenvalue weighted by atomic mass is 16.5. The second kappa shape index (κ2) is 12.0. The fourth-order valence-corrected chi connectivity index (χ4v) is 4.30. The molecule has 4 aromatic rings. The molecule has 1 aromatic heterocycles. The molecule has 5 nitrogen and oxygen atoms in total. The Morgan fingerprint density at radius 1 is 0.882 bits per heavy atom. The molecule has 5 heteroatoms. The van der Waals surface area contributed by atoms with Gasteiger partial charge in [-0.1, -0.05) is 55.0 Å². The van der Waals surface area contributed by atoms with E-state index < -0.39 is 0 Å². The zero-order valence-corrected chi connectivity index (χ0v) is 19.9. The summed E-state index contributed by atoms with van der Waals surface area (Å²) >= 11 is 0. The number of nitrogens with one attached hydrogen (secondary N) is 1. The van der Waals surface area contributed by atoms with E-state index in [0.29, 0.717) is 17.9 Å².